The van der Waals surface area contributed by atoms with Crippen LogP contribution in [0.1, 0.15) is 36.0 Å². The Kier molecular flexibility index (Phi) is 3.09. The third-order valence-electron chi connectivity index (χ3n) is 4.65. The fourth-order valence-electron chi connectivity index (χ4n) is 3.62. The van der Waals surface area contributed by atoms with Crippen molar-refractivity contribution in [1.82, 2.24) is 5.32 Å². The first-order chi connectivity index (χ1) is 9.13. The molecule has 3 rings (SSSR count). The first-order valence-electron chi connectivity index (χ1n) is 6.93. The molecule has 1 aromatic carbocycles. The lowest BCUT2D eigenvalue weighted by Gasteiger charge is -2.21. The first-order valence-corrected chi connectivity index (χ1v) is 6.93. The maximum Gasteiger partial charge on any atom is 0.251 e. The molecule has 4 heteroatoms. The zero-order valence-electron chi connectivity index (χ0n) is 10.8. The van der Waals surface area contributed by atoms with Crippen LogP contribution in [0, 0.1) is 17.8 Å². The Labute approximate surface area is 112 Å². The lowest BCUT2D eigenvalue weighted by molar-refractivity contribution is 0.0941. The van der Waals surface area contributed by atoms with Gasteiger partial charge in [0.1, 0.15) is 0 Å². The van der Waals surface area contributed by atoms with Crippen molar-refractivity contribution in [3.63, 3.8) is 0 Å². The summed E-state index contributed by atoms with van der Waals surface area (Å²) in [6, 6.07) is 4.15. The maximum atomic E-state index is 12.0. The third-order valence-corrected chi connectivity index (χ3v) is 4.65. The molecule has 1 amide bonds. The zero-order valence-corrected chi connectivity index (χ0v) is 10.8. The van der Waals surface area contributed by atoms with E-state index in [0.717, 1.165) is 18.4 Å². The summed E-state index contributed by atoms with van der Waals surface area (Å²) in [7, 11) is 0. The fourth-order valence-corrected chi connectivity index (χ4v) is 3.62. The summed E-state index contributed by atoms with van der Waals surface area (Å²) in [4.78, 5) is 12.0. The van der Waals surface area contributed by atoms with Gasteiger partial charge >= 0.3 is 0 Å². The Bertz CT molecular complexity index is 500. The predicted octanol–water partition coefficient (Wildman–Crippen LogP) is 2.26. The minimum absolute atomic E-state index is 0.182. The van der Waals surface area contributed by atoms with Crippen molar-refractivity contribution in [3.05, 3.63) is 23.8 Å². The molecule has 0 radical (unpaired) electrons. The van der Waals surface area contributed by atoms with Crippen LogP contribution in [0.4, 0.5) is 0 Å². The van der Waals surface area contributed by atoms with Gasteiger partial charge in [-0.1, -0.05) is 6.42 Å². The molecule has 0 heterocycles. The number of phenolic OH excluding ortho intramolecular Hbond substituents is 2. The average Bonchev–Trinajstić information content (AvgIpc) is 3.01. The van der Waals surface area contributed by atoms with E-state index in [1.54, 1.807) is 0 Å². The second-order valence-corrected chi connectivity index (χ2v) is 5.85. The van der Waals surface area contributed by atoms with Gasteiger partial charge in [0.2, 0.25) is 0 Å². The number of amides is 1. The Morgan fingerprint density at radius 3 is 2.68 bits per heavy atom. The Hall–Kier alpha value is -1.71. The predicted molar refractivity (Wildman–Crippen MR) is 71.0 cm³/mol. The van der Waals surface area contributed by atoms with Gasteiger partial charge in [0.25, 0.3) is 5.91 Å². The molecule has 2 saturated carbocycles. The number of nitrogens with one attached hydrogen (secondary N) is 1. The molecule has 0 aromatic heterocycles. The van der Waals surface area contributed by atoms with Crippen LogP contribution in [0.2, 0.25) is 0 Å². The van der Waals surface area contributed by atoms with E-state index in [-0.39, 0.29) is 17.4 Å². The highest BCUT2D eigenvalue weighted by atomic mass is 16.3. The average molecular weight is 261 g/mol. The van der Waals surface area contributed by atoms with E-state index in [0.29, 0.717) is 11.5 Å². The summed E-state index contributed by atoms with van der Waals surface area (Å²) in [5.41, 5.74) is 0.387. The van der Waals surface area contributed by atoms with E-state index in [4.69, 9.17) is 0 Å². The minimum atomic E-state index is -0.257. The van der Waals surface area contributed by atoms with Crippen molar-refractivity contribution < 1.29 is 15.0 Å². The molecule has 2 fully saturated rings. The van der Waals surface area contributed by atoms with Crippen molar-refractivity contribution in [2.24, 2.45) is 17.8 Å². The van der Waals surface area contributed by atoms with Gasteiger partial charge < -0.3 is 15.5 Å². The quantitative estimate of drug-likeness (QED) is 0.731. The summed E-state index contributed by atoms with van der Waals surface area (Å²) >= 11 is 0. The van der Waals surface area contributed by atoms with Crippen LogP contribution in [-0.2, 0) is 0 Å². The molecule has 2 bridgehead atoms. The van der Waals surface area contributed by atoms with Gasteiger partial charge in [-0.05, 0) is 55.2 Å². The second-order valence-electron chi connectivity index (χ2n) is 5.85. The molecule has 3 N–H and O–H groups in total. The molecule has 2 aliphatic carbocycles. The van der Waals surface area contributed by atoms with Crippen molar-refractivity contribution in [1.29, 1.82) is 0 Å². The van der Waals surface area contributed by atoms with Gasteiger partial charge in [0.05, 0.1) is 0 Å². The maximum absolute atomic E-state index is 12.0. The van der Waals surface area contributed by atoms with E-state index in [1.807, 2.05) is 0 Å². The Morgan fingerprint density at radius 2 is 2.05 bits per heavy atom. The normalized spacial score (nSPS) is 28.5. The molecule has 1 aromatic rings. The number of rotatable bonds is 3. The van der Waals surface area contributed by atoms with E-state index in [1.165, 1.54) is 43.9 Å². The van der Waals surface area contributed by atoms with E-state index < -0.39 is 0 Å². The van der Waals surface area contributed by atoms with Gasteiger partial charge in [0, 0.05) is 12.1 Å². The number of aromatic hydroxyl groups is 2. The molecular formula is C15H19NO3. The number of fused-ring (bicyclic) bond motifs is 2. The number of carbonyl (C=O) groups excluding carboxylic acids is 1. The van der Waals surface area contributed by atoms with Gasteiger partial charge in [-0.2, -0.15) is 0 Å². The molecule has 3 unspecified atom stereocenters. The van der Waals surface area contributed by atoms with Crippen molar-refractivity contribution >= 4 is 5.91 Å². The van der Waals surface area contributed by atoms with E-state index >= 15 is 0 Å². The molecular weight excluding hydrogens is 242 g/mol. The first kappa shape index (κ1) is 12.3. The number of hydrogen-bond donors (Lipinski definition) is 3. The summed E-state index contributed by atoms with van der Waals surface area (Å²) in [6.07, 6.45) is 5.25. The van der Waals surface area contributed by atoms with Crippen molar-refractivity contribution in [2.45, 2.75) is 25.7 Å². The lowest BCUT2D eigenvalue weighted by atomic mass is 9.89. The van der Waals surface area contributed by atoms with Crippen LogP contribution in [0.15, 0.2) is 18.2 Å². The number of phenols is 2. The van der Waals surface area contributed by atoms with Crippen molar-refractivity contribution in [3.8, 4) is 11.5 Å². The van der Waals surface area contributed by atoms with E-state index in [9.17, 15) is 15.0 Å². The van der Waals surface area contributed by atoms with Crippen LogP contribution in [-0.4, -0.2) is 22.7 Å². The summed E-state index contributed by atoms with van der Waals surface area (Å²) in [5, 5.41) is 21.5. The standard InChI is InChI=1S/C15H19NO3/c17-13-4-3-11(7-14(13)18)15(19)16-8-12-6-9-1-2-10(12)5-9/h3-4,7,9-10,12,17-18H,1-2,5-6,8H2,(H,16,19). The minimum Gasteiger partial charge on any atom is -0.504 e. The molecule has 2 aliphatic rings. The fraction of sp³-hybridized carbons (Fsp3) is 0.533. The topological polar surface area (TPSA) is 69.6 Å². The van der Waals surface area contributed by atoms with Crippen LogP contribution in [0.5, 0.6) is 11.5 Å². The largest absolute Gasteiger partial charge is 0.504 e. The smallest absolute Gasteiger partial charge is 0.251 e. The Balaban J connectivity index is 1.57. The summed E-state index contributed by atoms with van der Waals surface area (Å²) in [5.74, 6) is 1.65. The van der Waals surface area contributed by atoms with Crippen LogP contribution >= 0.6 is 0 Å². The second kappa shape index (κ2) is 4.76. The molecule has 0 aliphatic heterocycles. The lowest BCUT2D eigenvalue weighted by Crippen LogP contribution is -2.31. The zero-order chi connectivity index (χ0) is 13.4. The van der Waals surface area contributed by atoms with Crippen LogP contribution in [0.25, 0.3) is 0 Å². The molecule has 0 spiro atoms. The van der Waals surface area contributed by atoms with Crippen LogP contribution in [0.3, 0.4) is 0 Å². The third kappa shape index (κ3) is 2.39. The van der Waals surface area contributed by atoms with Gasteiger partial charge in [-0.25, -0.2) is 0 Å². The van der Waals surface area contributed by atoms with Crippen LogP contribution < -0.4 is 5.32 Å². The number of carbonyl (C=O) groups is 1. The van der Waals surface area contributed by atoms with Gasteiger partial charge in [-0.15, -0.1) is 0 Å². The molecule has 102 valence electrons. The summed E-state index contributed by atoms with van der Waals surface area (Å²) < 4.78 is 0. The van der Waals surface area contributed by atoms with Gasteiger partial charge in [-0.3, -0.25) is 4.79 Å². The SMILES string of the molecule is O=C(NCC1CC2CCC1C2)c1ccc(O)c(O)c1. The Morgan fingerprint density at radius 1 is 1.21 bits per heavy atom. The highest BCUT2D eigenvalue weighted by Crippen LogP contribution is 2.47. The van der Waals surface area contributed by atoms with Crippen molar-refractivity contribution in [2.75, 3.05) is 6.54 Å². The highest BCUT2D eigenvalue weighted by Gasteiger charge is 2.39. The van der Waals surface area contributed by atoms with Gasteiger partial charge in [0.15, 0.2) is 11.5 Å². The molecule has 4 nitrogen and oxygen atoms in total. The molecule has 19 heavy (non-hydrogen) atoms. The summed E-state index contributed by atoms with van der Waals surface area (Å²) in [6.45, 7) is 0.724. The number of hydrogen-bond acceptors (Lipinski definition) is 3. The number of benzene rings is 1. The highest BCUT2D eigenvalue weighted by molar-refractivity contribution is 5.94. The van der Waals surface area contributed by atoms with E-state index in [2.05, 4.69) is 5.32 Å². The molecule has 0 saturated heterocycles. The monoisotopic (exact) mass is 261 g/mol. The molecule has 3 atom stereocenters.